The van der Waals surface area contributed by atoms with E-state index < -0.39 is 29.9 Å². The van der Waals surface area contributed by atoms with Crippen molar-refractivity contribution in [2.45, 2.75) is 31.1 Å². The Labute approximate surface area is 148 Å². The van der Waals surface area contributed by atoms with Crippen molar-refractivity contribution < 1.29 is 18.0 Å². The molecule has 2 N–H and O–H groups in total. The van der Waals surface area contributed by atoms with Gasteiger partial charge in [0, 0.05) is 38.8 Å². The lowest BCUT2D eigenvalue weighted by molar-refractivity contribution is -0.129. The number of anilines is 1. The van der Waals surface area contributed by atoms with Gasteiger partial charge in [0.05, 0.1) is 17.1 Å². The number of aromatic nitrogens is 2. The summed E-state index contributed by atoms with van der Waals surface area (Å²) in [7, 11) is 1.70. The number of imidazole rings is 1. The number of carbonyl (C=O) groups excluding carboxylic acids is 1. The number of hydrogen-bond acceptors (Lipinski definition) is 4. The van der Waals surface area contributed by atoms with Crippen LogP contribution in [0.4, 0.5) is 19.1 Å². The van der Waals surface area contributed by atoms with E-state index in [0.29, 0.717) is 31.0 Å². The maximum atomic E-state index is 13.9. The average molecular weight is 367 g/mol. The van der Waals surface area contributed by atoms with Crippen LogP contribution in [0.1, 0.15) is 18.9 Å². The Bertz CT molecular complexity index is 870. The van der Waals surface area contributed by atoms with Crippen molar-refractivity contribution in [3.63, 3.8) is 0 Å². The van der Waals surface area contributed by atoms with Gasteiger partial charge in [0.15, 0.2) is 11.6 Å². The second-order valence-electron chi connectivity index (χ2n) is 7.02. The number of alkyl halides is 1. The first kappa shape index (κ1) is 17.1. The van der Waals surface area contributed by atoms with Crippen LogP contribution in [-0.4, -0.2) is 59.3 Å². The molecular weight excluding hydrogens is 347 g/mol. The van der Waals surface area contributed by atoms with E-state index in [-0.39, 0.29) is 24.4 Å². The van der Waals surface area contributed by atoms with Crippen molar-refractivity contribution in [2.24, 2.45) is 5.73 Å². The highest BCUT2D eigenvalue weighted by Gasteiger charge is 2.36. The highest BCUT2D eigenvalue weighted by atomic mass is 19.2. The number of halogens is 3. The molecule has 3 heterocycles. The standard InChI is InChI=1S/C17H20F3N5O/c1-23-4-3-14(16(23)26)25-15-7-11(20)10(19)6-13(15)22-17(25)24-5-2-9(18)12(21)8-24/h6-7,9,12,14H,2-5,8,21H2,1H3/t9-,12-,14+/m1/s1. The minimum absolute atomic E-state index is 0.111. The SMILES string of the molecule is CN1CC[C@H](n2c(N3CC[C@@H](F)[C@H](N)C3)nc3cc(F)c(F)cc32)C1=O. The summed E-state index contributed by atoms with van der Waals surface area (Å²) in [5.74, 6) is -1.70. The highest BCUT2D eigenvalue weighted by Crippen LogP contribution is 2.34. The summed E-state index contributed by atoms with van der Waals surface area (Å²) in [5, 5.41) is 0. The van der Waals surface area contributed by atoms with Gasteiger partial charge in [0.25, 0.3) is 0 Å². The van der Waals surface area contributed by atoms with E-state index in [4.69, 9.17) is 5.73 Å². The Morgan fingerprint density at radius 1 is 1.19 bits per heavy atom. The molecule has 1 amide bonds. The molecule has 2 aliphatic heterocycles. The maximum Gasteiger partial charge on any atom is 0.245 e. The summed E-state index contributed by atoms with van der Waals surface area (Å²) in [6.07, 6.45) is -0.317. The smallest absolute Gasteiger partial charge is 0.245 e. The van der Waals surface area contributed by atoms with Gasteiger partial charge in [-0.05, 0) is 12.8 Å². The quantitative estimate of drug-likeness (QED) is 0.876. The van der Waals surface area contributed by atoms with Crippen molar-refractivity contribution in [1.29, 1.82) is 0 Å². The lowest BCUT2D eigenvalue weighted by Crippen LogP contribution is -2.50. The van der Waals surface area contributed by atoms with Crippen LogP contribution >= 0.6 is 0 Å². The van der Waals surface area contributed by atoms with Crippen LogP contribution in [0.3, 0.4) is 0 Å². The molecule has 2 aromatic rings. The third kappa shape index (κ3) is 2.61. The van der Waals surface area contributed by atoms with Crippen LogP contribution in [0.5, 0.6) is 0 Å². The molecule has 0 aliphatic carbocycles. The molecular formula is C17H20F3N5O. The molecule has 0 radical (unpaired) electrons. The molecule has 6 nitrogen and oxygen atoms in total. The van der Waals surface area contributed by atoms with Crippen LogP contribution in [0.2, 0.25) is 0 Å². The summed E-state index contributed by atoms with van der Waals surface area (Å²) < 4.78 is 42.9. The number of nitrogens with two attached hydrogens (primary N) is 1. The van der Waals surface area contributed by atoms with E-state index in [1.807, 2.05) is 0 Å². The normalized spacial score (nSPS) is 27.0. The minimum atomic E-state index is -1.10. The monoisotopic (exact) mass is 367 g/mol. The van der Waals surface area contributed by atoms with Crippen LogP contribution < -0.4 is 10.6 Å². The number of amides is 1. The molecule has 0 unspecified atom stereocenters. The first-order valence-electron chi connectivity index (χ1n) is 8.63. The molecule has 2 saturated heterocycles. The molecule has 2 aliphatic rings. The van der Waals surface area contributed by atoms with Crippen LogP contribution in [0.25, 0.3) is 11.0 Å². The van der Waals surface area contributed by atoms with Gasteiger partial charge in [0.1, 0.15) is 12.2 Å². The fourth-order valence-electron chi connectivity index (χ4n) is 3.79. The molecule has 0 bridgehead atoms. The number of fused-ring (bicyclic) bond motifs is 1. The summed E-state index contributed by atoms with van der Waals surface area (Å²) in [6.45, 7) is 1.17. The summed E-state index contributed by atoms with van der Waals surface area (Å²) in [4.78, 5) is 20.4. The number of benzene rings is 1. The number of carbonyl (C=O) groups is 1. The van der Waals surface area contributed by atoms with Crippen LogP contribution in [-0.2, 0) is 4.79 Å². The van der Waals surface area contributed by atoms with Gasteiger partial charge in [-0.3, -0.25) is 9.36 Å². The van der Waals surface area contributed by atoms with Crippen LogP contribution in [0.15, 0.2) is 12.1 Å². The first-order chi connectivity index (χ1) is 12.4. The van der Waals surface area contributed by atoms with E-state index >= 15 is 0 Å². The number of likely N-dealkylation sites (tertiary alicyclic amines) is 1. The van der Waals surface area contributed by atoms with Gasteiger partial charge in [0.2, 0.25) is 11.9 Å². The third-order valence-electron chi connectivity index (χ3n) is 5.28. The zero-order chi connectivity index (χ0) is 18.6. The third-order valence-corrected chi connectivity index (χ3v) is 5.28. The highest BCUT2D eigenvalue weighted by molar-refractivity contribution is 5.87. The molecule has 3 atom stereocenters. The second-order valence-corrected chi connectivity index (χ2v) is 7.02. The van der Waals surface area contributed by atoms with E-state index in [1.165, 1.54) is 0 Å². The van der Waals surface area contributed by atoms with Crippen molar-refractivity contribution >= 4 is 22.9 Å². The number of nitrogens with zero attached hydrogens (tertiary/aromatic N) is 4. The molecule has 140 valence electrons. The maximum absolute atomic E-state index is 13.9. The van der Waals surface area contributed by atoms with Gasteiger partial charge in [-0.15, -0.1) is 0 Å². The Balaban J connectivity index is 1.86. The van der Waals surface area contributed by atoms with Crippen molar-refractivity contribution in [2.75, 3.05) is 31.6 Å². The van der Waals surface area contributed by atoms with Crippen molar-refractivity contribution in [3.05, 3.63) is 23.8 Å². The Kier molecular flexibility index (Phi) is 4.06. The Morgan fingerprint density at radius 2 is 1.92 bits per heavy atom. The summed E-state index contributed by atoms with van der Waals surface area (Å²) in [5.41, 5.74) is 6.46. The Hall–Kier alpha value is -2.29. The van der Waals surface area contributed by atoms with Gasteiger partial charge >= 0.3 is 0 Å². The molecule has 4 rings (SSSR count). The van der Waals surface area contributed by atoms with Gasteiger partial charge < -0.3 is 15.5 Å². The molecule has 9 heteroatoms. The lowest BCUT2D eigenvalue weighted by Gasteiger charge is -2.34. The second kappa shape index (κ2) is 6.15. The van der Waals surface area contributed by atoms with E-state index in [1.54, 1.807) is 21.4 Å². The fraction of sp³-hybridized carbons (Fsp3) is 0.529. The summed E-state index contributed by atoms with van der Waals surface area (Å²) in [6, 6.07) is 0.862. The number of piperidine rings is 1. The molecule has 2 fully saturated rings. The largest absolute Gasteiger partial charge is 0.344 e. The van der Waals surface area contributed by atoms with E-state index in [2.05, 4.69) is 4.98 Å². The predicted molar refractivity (Wildman–Crippen MR) is 90.6 cm³/mol. The molecule has 1 aromatic carbocycles. The number of hydrogen-bond donors (Lipinski definition) is 1. The lowest BCUT2D eigenvalue weighted by atomic mass is 10.1. The van der Waals surface area contributed by atoms with Gasteiger partial charge in [-0.2, -0.15) is 0 Å². The molecule has 26 heavy (non-hydrogen) atoms. The molecule has 0 saturated carbocycles. The topological polar surface area (TPSA) is 67.4 Å². The van der Waals surface area contributed by atoms with Crippen molar-refractivity contribution in [1.82, 2.24) is 14.5 Å². The molecule has 1 aromatic heterocycles. The number of likely N-dealkylation sites (N-methyl/N-ethyl adjacent to an activating group) is 1. The van der Waals surface area contributed by atoms with Gasteiger partial charge in [-0.25, -0.2) is 18.2 Å². The first-order valence-corrected chi connectivity index (χ1v) is 8.63. The average Bonchev–Trinajstić information content (AvgIpc) is 3.11. The summed E-state index contributed by atoms with van der Waals surface area (Å²) >= 11 is 0. The van der Waals surface area contributed by atoms with E-state index in [0.717, 1.165) is 12.1 Å². The fourth-order valence-corrected chi connectivity index (χ4v) is 3.79. The van der Waals surface area contributed by atoms with Crippen LogP contribution in [0, 0.1) is 11.6 Å². The Morgan fingerprint density at radius 3 is 2.58 bits per heavy atom. The minimum Gasteiger partial charge on any atom is -0.344 e. The zero-order valence-corrected chi connectivity index (χ0v) is 14.3. The zero-order valence-electron chi connectivity index (χ0n) is 14.3. The van der Waals surface area contributed by atoms with Gasteiger partial charge in [-0.1, -0.05) is 0 Å². The number of rotatable bonds is 2. The van der Waals surface area contributed by atoms with Crippen molar-refractivity contribution in [3.8, 4) is 0 Å². The molecule has 0 spiro atoms. The van der Waals surface area contributed by atoms with E-state index in [9.17, 15) is 18.0 Å². The predicted octanol–water partition coefficient (Wildman–Crippen LogP) is 1.59.